The smallest absolute Gasteiger partial charge is 0.306 e. The number of carboxylic acids is 1. The zero-order chi connectivity index (χ0) is 6.36. The van der Waals surface area contributed by atoms with Crippen molar-refractivity contribution in [1.82, 2.24) is 0 Å². The van der Waals surface area contributed by atoms with Crippen LogP contribution in [-0.2, 0) is 4.79 Å². The first kappa shape index (κ1) is 1.96. The lowest BCUT2D eigenvalue weighted by Gasteiger charge is -1.75. The molecule has 34 valence electrons. The van der Waals surface area contributed by atoms with Gasteiger partial charge in [-0.1, -0.05) is 0 Å². The topological polar surface area (TPSA) is 37.3 Å². The molecule has 0 heterocycles. The molecule has 6 heavy (non-hydrogen) atoms. The highest BCUT2D eigenvalue weighted by Gasteiger charge is 2.28. The van der Waals surface area contributed by atoms with Crippen molar-refractivity contribution in [2.24, 2.45) is 5.89 Å². The minimum atomic E-state index is -1.46. The number of rotatable bonds is 1. The van der Waals surface area contributed by atoms with Gasteiger partial charge < -0.3 is 5.11 Å². The molecule has 2 unspecified atom stereocenters. The lowest BCUT2D eigenvalue weighted by Crippen LogP contribution is -1.94. The Kier molecular flexibility index (Phi) is 0.315. The minimum Gasteiger partial charge on any atom is -0.481 e. The summed E-state index contributed by atoms with van der Waals surface area (Å²) < 4.78 is 13.7. The highest BCUT2D eigenvalue weighted by molar-refractivity contribution is 5.72. The predicted octanol–water partition coefficient (Wildman–Crippen LogP) is 0.481. The first-order valence-corrected chi connectivity index (χ1v) is 1.73. The molecule has 0 aliphatic heterocycles. The maximum Gasteiger partial charge on any atom is 0.306 e. The molecule has 0 saturated heterocycles. The Hall–Kier alpha value is -0.530. The molecule has 1 N–H and O–H groups in total. The summed E-state index contributed by atoms with van der Waals surface area (Å²) >= 11 is 0. The molecule has 1 aliphatic carbocycles. The molecule has 0 amide bonds. The Morgan fingerprint density at radius 2 is 2.83 bits per heavy atom. The van der Waals surface area contributed by atoms with E-state index in [9.17, 15) is 4.79 Å². The van der Waals surface area contributed by atoms with E-state index in [0.29, 0.717) is 0 Å². The van der Waals surface area contributed by atoms with Gasteiger partial charge in [-0.05, 0) is 12.8 Å². The molecular formula is C4H6O2. The number of carboxylic acid groups (broad SMARTS) is 1. The Morgan fingerprint density at radius 1 is 2.33 bits per heavy atom. The van der Waals surface area contributed by atoms with Crippen LogP contribution in [0.25, 0.3) is 0 Å². The summed E-state index contributed by atoms with van der Waals surface area (Å²) in [6, 6.07) is 0. The van der Waals surface area contributed by atoms with Gasteiger partial charge in [-0.3, -0.25) is 4.79 Å². The molecule has 0 radical (unpaired) electrons. The highest BCUT2D eigenvalue weighted by atomic mass is 16.4. The normalized spacial score (nSPS) is 59.0. The van der Waals surface area contributed by atoms with Gasteiger partial charge in [-0.25, -0.2) is 0 Å². The average molecular weight is 88.1 g/mol. The van der Waals surface area contributed by atoms with Crippen LogP contribution in [0.2, 0.25) is 0 Å². The second kappa shape index (κ2) is 0.965. The van der Waals surface area contributed by atoms with E-state index in [1.165, 1.54) is 0 Å². The third-order valence-electron chi connectivity index (χ3n) is 0.683. The molecule has 1 fully saturated rings. The van der Waals surface area contributed by atoms with Crippen LogP contribution in [0.1, 0.15) is 15.6 Å². The SMILES string of the molecule is [2H]C1CC1([2H])C(=O)O. The van der Waals surface area contributed by atoms with E-state index in [0.717, 1.165) is 0 Å². The fourth-order valence-electron chi connectivity index (χ4n) is 0.226. The van der Waals surface area contributed by atoms with Crippen molar-refractivity contribution in [2.75, 3.05) is 0 Å². The molecule has 1 aliphatic rings. The van der Waals surface area contributed by atoms with Crippen molar-refractivity contribution >= 4 is 5.97 Å². The van der Waals surface area contributed by atoms with Crippen LogP contribution in [0.3, 0.4) is 0 Å². The standard InChI is InChI=1S/C4H6O2/c5-4(6)3-1-2-3/h3H,1-2H2,(H,5,6)/i1D,3D. The van der Waals surface area contributed by atoms with Gasteiger partial charge in [0.1, 0.15) is 0 Å². The van der Waals surface area contributed by atoms with Crippen molar-refractivity contribution < 1.29 is 12.6 Å². The molecule has 0 bridgehead atoms. The van der Waals surface area contributed by atoms with Gasteiger partial charge in [0.25, 0.3) is 0 Å². The maximum absolute atomic E-state index is 9.99. The van der Waals surface area contributed by atoms with E-state index in [1.807, 2.05) is 0 Å². The molecule has 1 rings (SSSR count). The molecule has 0 spiro atoms. The summed E-state index contributed by atoms with van der Waals surface area (Å²) in [7, 11) is 0. The van der Waals surface area contributed by atoms with Crippen molar-refractivity contribution in [3.63, 3.8) is 0 Å². The van der Waals surface area contributed by atoms with E-state index in [-0.39, 0.29) is 6.42 Å². The largest absolute Gasteiger partial charge is 0.481 e. The zero-order valence-corrected chi connectivity index (χ0v) is 3.14. The van der Waals surface area contributed by atoms with Crippen molar-refractivity contribution in [1.29, 1.82) is 0 Å². The number of aliphatic carboxylic acids is 1. The fraction of sp³-hybridized carbons (Fsp3) is 0.750. The van der Waals surface area contributed by atoms with Gasteiger partial charge in [-0.2, -0.15) is 0 Å². The van der Waals surface area contributed by atoms with E-state index in [4.69, 9.17) is 7.85 Å². The fourth-order valence-corrected chi connectivity index (χ4v) is 0.226. The van der Waals surface area contributed by atoms with Crippen LogP contribution in [0.4, 0.5) is 0 Å². The first-order chi connectivity index (χ1) is 3.57. The first-order valence-electron chi connectivity index (χ1n) is 2.81. The maximum atomic E-state index is 9.99. The highest BCUT2D eigenvalue weighted by Crippen LogP contribution is 2.28. The number of carbonyl (C=O) groups is 1. The Balaban J connectivity index is 2.60. The van der Waals surface area contributed by atoms with E-state index in [1.54, 1.807) is 0 Å². The molecule has 1 saturated carbocycles. The summed E-state index contributed by atoms with van der Waals surface area (Å²) in [5, 5.41) is 8.18. The second-order valence-electron chi connectivity index (χ2n) is 1.24. The summed E-state index contributed by atoms with van der Waals surface area (Å²) in [6.45, 7) is 0. The van der Waals surface area contributed by atoms with Crippen LogP contribution >= 0.6 is 0 Å². The Bertz CT molecular complexity index is 136. The number of hydrogen-bond donors (Lipinski definition) is 1. The van der Waals surface area contributed by atoms with Crippen molar-refractivity contribution in [2.45, 2.75) is 12.8 Å². The third kappa shape index (κ3) is 0.506. The second-order valence-corrected chi connectivity index (χ2v) is 1.24. The molecule has 2 nitrogen and oxygen atoms in total. The molecule has 2 heteroatoms. The molecule has 0 aromatic heterocycles. The van der Waals surface area contributed by atoms with E-state index >= 15 is 0 Å². The van der Waals surface area contributed by atoms with Gasteiger partial charge in [0, 0.05) is 2.74 Å². The Labute approximate surface area is 38.6 Å². The summed E-state index contributed by atoms with van der Waals surface area (Å²) in [6.07, 6.45) is -0.512. The minimum absolute atomic E-state index is 0.183. The van der Waals surface area contributed by atoms with Gasteiger partial charge in [0.2, 0.25) is 0 Å². The lowest BCUT2D eigenvalue weighted by atomic mass is 10.5. The average Bonchev–Trinajstić information content (AvgIpc) is 2.17. The molecule has 0 aromatic rings. The van der Waals surface area contributed by atoms with Crippen LogP contribution < -0.4 is 0 Å². The van der Waals surface area contributed by atoms with Crippen molar-refractivity contribution in [3.8, 4) is 0 Å². The quantitative estimate of drug-likeness (QED) is 0.506. The summed E-state index contributed by atoms with van der Waals surface area (Å²) in [4.78, 5) is 9.99. The van der Waals surface area contributed by atoms with Crippen molar-refractivity contribution in [3.05, 3.63) is 0 Å². The summed E-state index contributed by atoms with van der Waals surface area (Å²) in [5.74, 6) is -2.63. The predicted molar refractivity (Wildman–Crippen MR) is 20.4 cm³/mol. The monoisotopic (exact) mass is 88.0 g/mol. The van der Waals surface area contributed by atoms with E-state index in [2.05, 4.69) is 0 Å². The Morgan fingerprint density at radius 3 is 2.83 bits per heavy atom. The van der Waals surface area contributed by atoms with Crippen LogP contribution in [0, 0.1) is 5.89 Å². The zero-order valence-electron chi connectivity index (χ0n) is 5.14. The van der Waals surface area contributed by atoms with Gasteiger partial charge in [0.15, 0.2) is 0 Å². The number of hydrogen-bond acceptors (Lipinski definition) is 1. The van der Waals surface area contributed by atoms with Crippen LogP contribution in [0.15, 0.2) is 0 Å². The van der Waals surface area contributed by atoms with E-state index < -0.39 is 18.3 Å². The van der Waals surface area contributed by atoms with Crippen LogP contribution in [-0.4, -0.2) is 11.1 Å². The summed E-state index contributed by atoms with van der Waals surface area (Å²) in [5.41, 5.74) is 0. The van der Waals surface area contributed by atoms with Crippen LogP contribution in [0.5, 0.6) is 0 Å². The molecule has 0 aromatic carbocycles. The van der Waals surface area contributed by atoms with Gasteiger partial charge >= 0.3 is 5.97 Å². The van der Waals surface area contributed by atoms with Gasteiger partial charge in [0.05, 0.1) is 5.89 Å². The molecular weight excluding hydrogens is 80.0 g/mol. The molecule has 2 atom stereocenters. The lowest BCUT2D eigenvalue weighted by molar-refractivity contribution is -0.138. The third-order valence-corrected chi connectivity index (χ3v) is 0.683. The van der Waals surface area contributed by atoms with Gasteiger partial charge in [-0.15, -0.1) is 0 Å².